The maximum Gasteiger partial charge on any atom is 0.217 e. The highest BCUT2D eigenvalue weighted by molar-refractivity contribution is 5.73. The number of fused-ring (bicyclic) bond motifs is 1. The number of rotatable bonds is 3. The molecule has 2 fully saturated rings. The third-order valence-electron chi connectivity index (χ3n) is 3.60. The van der Waals surface area contributed by atoms with E-state index in [0.717, 1.165) is 0 Å². The number of ether oxygens (including phenoxy) is 3. The first-order valence-corrected chi connectivity index (χ1v) is 6.68. The highest BCUT2D eigenvalue weighted by atomic mass is 16.8. The van der Waals surface area contributed by atoms with Crippen molar-refractivity contribution in [3.8, 4) is 0 Å². The molecule has 0 unspecified atom stereocenters. The molecule has 0 spiro atoms. The number of aliphatic hydroxyl groups is 1. The minimum atomic E-state index is -1.29. The predicted molar refractivity (Wildman–Crippen MR) is 70.9 cm³/mol. The molecule has 9 heteroatoms. The van der Waals surface area contributed by atoms with E-state index in [9.17, 15) is 9.90 Å². The molecule has 2 saturated heterocycles. The number of aliphatic hydroxyl groups excluding tert-OH is 1. The van der Waals surface area contributed by atoms with Gasteiger partial charge in [0.2, 0.25) is 5.91 Å². The van der Waals surface area contributed by atoms with E-state index in [1.54, 1.807) is 20.8 Å². The summed E-state index contributed by atoms with van der Waals surface area (Å²) in [4.78, 5) is 14.0. The number of carbonyl (C=O) groups is 1. The van der Waals surface area contributed by atoms with E-state index in [1.165, 1.54) is 6.92 Å². The van der Waals surface area contributed by atoms with Gasteiger partial charge in [-0.1, -0.05) is 5.11 Å². The van der Waals surface area contributed by atoms with Crippen LogP contribution >= 0.6 is 0 Å². The Balaban J connectivity index is 2.31. The van der Waals surface area contributed by atoms with Crippen molar-refractivity contribution in [2.45, 2.75) is 63.6 Å². The molecule has 118 valence electrons. The fourth-order valence-corrected chi connectivity index (χ4v) is 2.79. The van der Waals surface area contributed by atoms with Crippen LogP contribution in [-0.2, 0) is 19.0 Å². The molecule has 0 saturated carbocycles. The standard InChI is InChI=1S/C12H20N4O5/c1-6(17)15-7-8-9(20-11(2,3)19-8)12(4,5-14-16-13)21-10(7)18/h7-10,18H,5H2,1-4H3,(H,15,17)/t7-,8-,9-,10+,12-/m1/s1. The largest absolute Gasteiger partial charge is 0.366 e. The molecule has 2 aliphatic heterocycles. The lowest BCUT2D eigenvalue weighted by Gasteiger charge is -2.46. The van der Waals surface area contributed by atoms with E-state index in [4.69, 9.17) is 19.7 Å². The Labute approximate surface area is 122 Å². The van der Waals surface area contributed by atoms with Crippen LogP contribution in [0.15, 0.2) is 5.11 Å². The van der Waals surface area contributed by atoms with Gasteiger partial charge in [0.25, 0.3) is 0 Å². The molecular weight excluding hydrogens is 280 g/mol. The van der Waals surface area contributed by atoms with E-state index in [2.05, 4.69) is 15.3 Å². The van der Waals surface area contributed by atoms with Gasteiger partial charge in [-0.3, -0.25) is 4.79 Å². The van der Waals surface area contributed by atoms with Crippen molar-refractivity contribution in [3.05, 3.63) is 10.4 Å². The molecule has 2 rings (SSSR count). The number of hydrogen-bond acceptors (Lipinski definition) is 6. The maximum atomic E-state index is 11.3. The van der Waals surface area contributed by atoms with Crippen LogP contribution in [0, 0.1) is 0 Å². The number of amides is 1. The van der Waals surface area contributed by atoms with Gasteiger partial charge >= 0.3 is 0 Å². The quantitative estimate of drug-likeness (QED) is 0.444. The lowest BCUT2D eigenvalue weighted by molar-refractivity contribution is -0.262. The van der Waals surface area contributed by atoms with Crippen molar-refractivity contribution in [2.24, 2.45) is 5.11 Å². The van der Waals surface area contributed by atoms with Crippen molar-refractivity contribution in [1.29, 1.82) is 0 Å². The number of carbonyl (C=O) groups excluding carboxylic acids is 1. The van der Waals surface area contributed by atoms with Crippen molar-refractivity contribution in [2.75, 3.05) is 6.54 Å². The van der Waals surface area contributed by atoms with E-state index in [1.807, 2.05) is 0 Å². The van der Waals surface area contributed by atoms with Crippen LogP contribution in [0.5, 0.6) is 0 Å². The van der Waals surface area contributed by atoms with Crippen LogP contribution in [0.1, 0.15) is 27.7 Å². The summed E-state index contributed by atoms with van der Waals surface area (Å²) < 4.78 is 17.2. The van der Waals surface area contributed by atoms with Crippen LogP contribution in [0.2, 0.25) is 0 Å². The normalized spacial score (nSPS) is 41.0. The summed E-state index contributed by atoms with van der Waals surface area (Å²) in [5, 5.41) is 16.3. The van der Waals surface area contributed by atoms with E-state index >= 15 is 0 Å². The van der Waals surface area contributed by atoms with Crippen LogP contribution in [0.3, 0.4) is 0 Å². The summed E-state index contributed by atoms with van der Waals surface area (Å²) in [6, 6.07) is -0.756. The first-order valence-electron chi connectivity index (χ1n) is 6.68. The summed E-state index contributed by atoms with van der Waals surface area (Å²) in [5.41, 5.74) is 7.46. The number of nitrogens with zero attached hydrogens (tertiary/aromatic N) is 3. The molecule has 0 aromatic heterocycles. The third-order valence-corrected chi connectivity index (χ3v) is 3.60. The van der Waals surface area contributed by atoms with E-state index in [-0.39, 0.29) is 12.5 Å². The van der Waals surface area contributed by atoms with Crippen LogP contribution in [-0.4, -0.2) is 53.5 Å². The predicted octanol–water partition coefficient (Wildman–Crippen LogP) is 0.429. The molecule has 5 atom stereocenters. The molecule has 0 radical (unpaired) electrons. The smallest absolute Gasteiger partial charge is 0.217 e. The average Bonchev–Trinajstić information content (AvgIpc) is 2.69. The SMILES string of the molecule is CC(=O)N[C@@H]1[C@H]2OC(C)(C)O[C@H]2[C@@](C)(CN=[N+]=[N-])O[C@@H]1O. The molecule has 0 aromatic rings. The minimum absolute atomic E-state index is 0.0199. The Hall–Kier alpha value is -1.38. The highest BCUT2D eigenvalue weighted by Gasteiger charge is 2.59. The van der Waals surface area contributed by atoms with Gasteiger partial charge in [0.05, 0.1) is 6.54 Å². The van der Waals surface area contributed by atoms with Gasteiger partial charge in [-0.05, 0) is 26.3 Å². The summed E-state index contributed by atoms with van der Waals surface area (Å²) in [7, 11) is 0. The molecule has 0 aromatic carbocycles. The van der Waals surface area contributed by atoms with Gasteiger partial charge < -0.3 is 24.6 Å². The van der Waals surface area contributed by atoms with Gasteiger partial charge in [-0.25, -0.2) is 0 Å². The molecule has 9 nitrogen and oxygen atoms in total. The zero-order valence-electron chi connectivity index (χ0n) is 12.4. The Morgan fingerprint density at radius 2 is 2.05 bits per heavy atom. The first kappa shape index (κ1) is 16.0. The Kier molecular flexibility index (Phi) is 4.14. The highest BCUT2D eigenvalue weighted by Crippen LogP contribution is 2.42. The third kappa shape index (κ3) is 3.12. The second kappa shape index (κ2) is 5.43. The summed E-state index contributed by atoms with van der Waals surface area (Å²) in [6.45, 7) is 6.47. The molecule has 2 aliphatic rings. The molecule has 2 heterocycles. The van der Waals surface area contributed by atoms with Gasteiger partial charge in [0, 0.05) is 11.8 Å². The Bertz CT molecular complexity index is 478. The fraction of sp³-hybridized carbons (Fsp3) is 0.917. The van der Waals surface area contributed by atoms with Crippen LogP contribution in [0.4, 0.5) is 0 Å². The van der Waals surface area contributed by atoms with E-state index < -0.39 is 35.9 Å². The lowest BCUT2D eigenvalue weighted by Crippen LogP contribution is -2.67. The second-order valence-corrected chi connectivity index (χ2v) is 5.96. The molecule has 21 heavy (non-hydrogen) atoms. The maximum absolute atomic E-state index is 11.3. The topological polar surface area (TPSA) is 126 Å². The first-order chi connectivity index (χ1) is 9.68. The zero-order chi connectivity index (χ0) is 15.8. The fourth-order valence-electron chi connectivity index (χ4n) is 2.79. The number of hydrogen-bond donors (Lipinski definition) is 2. The summed E-state index contributed by atoms with van der Waals surface area (Å²) >= 11 is 0. The van der Waals surface area contributed by atoms with E-state index in [0.29, 0.717) is 0 Å². The molecule has 2 N–H and O–H groups in total. The zero-order valence-corrected chi connectivity index (χ0v) is 12.4. The summed E-state index contributed by atoms with van der Waals surface area (Å²) in [5.74, 6) is -1.20. The van der Waals surface area contributed by atoms with Crippen molar-refractivity contribution in [3.63, 3.8) is 0 Å². The van der Waals surface area contributed by atoms with Gasteiger partial charge in [0.1, 0.15) is 23.9 Å². The number of azide groups is 1. The van der Waals surface area contributed by atoms with Crippen molar-refractivity contribution < 1.29 is 24.1 Å². The van der Waals surface area contributed by atoms with Crippen LogP contribution in [0.25, 0.3) is 10.4 Å². The van der Waals surface area contributed by atoms with Crippen molar-refractivity contribution >= 4 is 5.91 Å². The summed E-state index contributed by atoms with van der Waals surface area (Å²) in [6.07, 6.45) is -2.48. The second-order valence-electron chi connectivity index (χ2n) is 5.96. The Morgan fingerprint density at radius 1 is 1.38 bits per heavy atom. The minimum Gasteiger partial charge on any atom is -0.366 e. The van der Waals surface area contributed by atoms with Crippen molar-refractivity contribution in [1.82, 2.24) is 5.32 Å². The molecule has 0 bridgehead atoms. The molecular formula is C12H20N4O5. The van der Waals surface area contributed by atoms with Gasteiger partial charge in [-0.15, -0.1) is 0 Å². The van der Waals surface area contributed by atoms with Gasteiger partial charge in [-0.2, -0.15) is 0 Å². The molecule has 1 amide bonds. The average molecular weight is 300 g/mol. The molecule has 0 aliphatic carbocycles. The van der Waals surface area contributed by atoms with Gasteiger partial charge in [0.15, 0.2) is 12.1 Å². The Morgan fingerprint density at radius 3 is 2.62 bits per heavy atom. The monoisotopic (exact) mass is 300 g/mol. The lowest BCUT2D eigenvalue weighted by atomic mass is 9.87. The number of nitrogens with one attached hydrogen (secondary N) is 1. The van der Waals surface area contributed by atoms with Crippen LogP contribution < -0.4 is 5.32 Å².